The number of ketones is 1. The highest BCUT2D eigenvalue weighted by Crippen LogP contribution is 2.37. The number of morpholine rings is 1. The van der Waals surface area contributed by atoms with E-state index in [0.29, 0.717) is 31.9 Å². The van der Waals surface area contributed by atoms with Crippen molar-refractivity contribution >= 4 is 17.4 Å². The predicted molar refractivity (Wildman–Crippen MR) is 95.1 cm³/mol. The first-order valence-corrected chi connectivity index (χ1v) is 8.69. The molecule has 1 unspecified atom stereocenters. The highest BCUT2D eigenvalue weighted by atomic mass is 16.6. The van der Waals surface area contributed by atoms with Gasteiger partial charge in [-0.1, -0.05) is 0 Å². The van der Waals surface area contributed by atoms with Gasteiger partial charge in [0, 0.05) is 38.3 Å². The second-order valence-corrected chi connectivity index (χ2v) is 6.52. The summed E-state index contributed by atoms with van der Waals surface area (Å²) in [5.74, 6) is -1.55. The number of hydrogen-bond acceptors (Lipinski definition) is 7. The minimum atomic E-state index is -0.753. The van der Waals surface area contributed by atoms with Crippen molar-refractivity contribution in [2.75, 3.05) is 39.4 Å². The molecule has 2 heterocycles. The van der Waals surface area contributed by atoms with Crippen LogP contribution in [0.5, 0.6) is 0 Å². The molecule has 1 aromatic carbocycles. The topological polar surface area (TPSA) is 113 Å². The van der Waals surface area contributed by atoms with Gasteiger partial charge in [-0.25, -0.2) is 0 Å². The molecular weight excluding hydrogens is 354 g/mol. The van der Waals surface area contributed by atoms with Gasteiger partial charge in [0.2, 0.25) is 0 Å². The predicted octanol–water partition coefficient (Wildman–Crippen LogP) is 1.21. The monoisotopic (exact) mass is 375 g/mol. The van der Waals surface area contributed by atoms with Crippen molar-refractivity contribution in [3.63, 3.8) is 0 Å². The van der Waals surface area contributed by atoms with Crippen molar-refractivity contribution in [3.05, 3.63) is 51.3 Å². The zero-order chi connectivity index (χ0) is 19.6. The molecule has 9 heteroatoms. The molecule has 9 nitrogen and oxygen atoms in total. The van der Waals surface area contributed by atoms with E-state index in [0.717, 1.165) is 13.1 Å². The van der Waals surface area contributed by atoms with Crippen molar-refractivity contribution in [1.29, 1.82) is 0 Å². The average Bonchev–Trinajstić information content (AvgIpc) is 2.92. The molecule has 0 bridgehead atoms. The van der Waals surface area contributed by atoms with Crippen molar-refractivity contribution < 1.29 is 24.4 Å². The summed E-state index contributed by atoms with van der Waals surface area (Å²) >= 11 is 0. The molecular formula is C18H21N3O6. The third kappa shape index (κ3) is 3.83. The Morgan fingerprint density at radius 2 is 1.89 bits per heavy atom. The molecule has 3 rings (SSSR count). The first-order chi connectivity index (χ1) is 12.9. The molecule has 1 fully saturated rings. The quantitative estimate of drug-likeness (QED) is 0.587. The van der Waals surface area contributed by atoms with Crippen molar-refractivity contribution in [3.8, 4) is 0 Å². The number of Topliss-reactive ketones (excluding diaryl/α,β-unsaturated/α-hetero) is 1. The maximum atomic E-state index is 12.6. The molecule has 1 amide bonds. The molecule has 1 N–H and O–H groups in total. The van der Waals surface area contributed by atoms with E-state index < -0.39 is 28.4 Å². The molecule has 1 aromatic rings. The lowest BCUT2D eigenvalue weighted by Gasteiger charge is -2.31. The molecule has 144 valence electrons. The van der Waals surface area contributed by atoms with Crippen LogP contribution < -0.4 is 0 Å². The fraction of sp³-hybridized carbons (Fsp3) is 0.444. The van der Waals surface area contributed by atoms with Crippen LogP contribution in [0.1, 0.15) is 18.5 Å². The Labute approximate surface area is 156 Å². The lowest BCUT2D eigenvalue weighted by atomic mass is 9.96. The van der Waals surface area contributed by atoms with Crippen molar-refractivity contribution in [2.45, 2.75) is 13.0 Å². The summed E-state index contributed by atoms with van der Waals surface area (Å²) < 4.78 is 5.31. The molecule has 0 aromatic heterocycles. The molecule has 0 radical (unpaired) electrons. The third-order valence-electron chi connectivity index (χ3n) is 4.86. The number of non-ortho nitro benzene ring substituents is 1. The summed E-state index contributed by atoms with van der Waals surface area (Å²) in [6.45, 7) is 4.96. The largest absolute Gasteiger partial charge is 0.503 e. The van der Waals surface area contributed by atoms with Crippen LogP contribution in [0.4, 0.5) is 5.69 Å². The van der Waals surface area contributed by atoms with Gasteiger partial charge < -0.3 is 14.7 Å². The van der Waals surface area contributed by atoms with E-state index in [1.165, 1.54) is 36.1 Å². The maximum absolute atomic E-state index is 12.6. The molecule has 0 aliphatic carbocycles. The van der Waals surface area contributed by atoms with Crippen LogP contribution >= 0.6 is 0 Å². The average molecular weight is 375 g/mol. The Morgan fingerprint density at radius 1 is 1.26 bits per heavy atom. The molecule has 1 atom stereocenters. The van der Waals surface area contributed by atoms with E-state index >= 15 is 0 Å². The van der Waals surface area contributed by atoms with Gasteiger partial charge in [0.25, 0.3) is 11.6 Å². The number of nitro groups is 1. The van der Waals surface area contributed by atoms with Crippen LogP contribution in [-0.4, -0.2) is 70.9 Å². The number of carbonyl (C=O) groups excluding carboxylic acids is 2. The van der Waals surface area contributed by atoms with E-state index in [9.17, 15) is 24.8 Å². The summed E-state index contributed by atoms with van der Waals surface area (Å²) in [5, 5.41) is 21.1. The molecule has 27 heavy (non-hydrogen) atoms. The number of carbonyl (C=O) groups is 2. The zero-order valence-corrected chi connectivity index (χ0v) is 15.0. The van der Waals surface area contributed by atoms with Crippen LogP contribution in [0.2, 0.25) is 0 Å². The molecule has 2 aliphatic heterocycles. The van der Waals surface area contributed by atoms with Gasteiger partial charge in [0.15, 0.2) is 11.5 Å². The summed E-state index contributed by atoms with van der Waals surface area (Å²) in [5.41, 5.74) is 0.488. The SMILES string of the molecule is CC(=O)C1=C(O)C(=O)N(CCN2CCOCC2)C1c1ccc([N+](=O)[O-])cc1. The fourth-order valence-electron chi connectivity index (χ4n) is 3.44. The lowest BCUT2D eigenvalue weighted by Crippen LogP contribution is -2.43. The number of benzene rings is 1. The Balaban J connectivity index is 1.87. The third-order valence-corrected chi connectivity index (χ3v) is 4.86. The van der Waals surface area contributed by atoms with E-state index in [1.54, 1.807) is 0 Å². The van der Waals surface area contributed by atoms with Crippen LogP contribution in [0.25, 0.3) is 0 Å². The van der Waals surface area contributed by atoms with Gasteiger partial charge in [0.1, 0.15) is 0 Å². The van der Waals surface area contributed by atoms with Gasteiger partial charge in [-0.3, -0.25) is 24.6 Å². The number of nitrogens with zero attached hydrogens (tertiary/aromatic N) is 3. The van der Waals surface area contributed by atoms with Crippen LogP contribution in [0.3, 0.4) is 0 Å². The van der Waals surface area contributed by atoms with Crippen LogP contribution in [0, 0.1) is 10.1 Å². The molecule has 0 saturated carbocycles. The zero-order valence-electron chi connectivity index (χ0n) is 15.0. The maximum Gasteiger partial charge on any atom is 0.290 e. The Kier molecular flexibility index (Phi) is 5.52. The number of amides is 1. The second kappa shape index (κ2) is 7.85. The van der Waals surface area contributed by atoms with E-state index in [4.69, 9.17) is 4.74 Å². The summed E-state index contributed by atoms with van der Waals surface area (Å²) in [4.78, 5) is 38.6. The smallest absolute Gasteiger partial charge is 0.290 e. The van der Waals surface area contributed by atoms with Gasteiger partial charge in [-0.2, -0.15) is 0 Å². The number of ether oxygens (including phenoxy) is 1. The first kappa shape index (κ1) is 19.0. The van der Waals surface area contributed by atoms with E-state index in [2.05, 4.69) is 4.90 Å². The molecule has 2 aliphatic rings. The Bertz CT molecular complexity index is 783. The second-order valence-electron chi connectivity index (χ2n) is 6.52. The summed E-state index contributed by atoms with van der Waals surface area (Å²) in [7, 11) is 0. The van der Waals surface area contributed by atoms with Crippen LogP contribution in [0.15, 0.2) is 35.6 Å². The molecule has 0 spiro atoms. The van der Waals surface area contributed by atoms with Gasteiger partial charge in [-0.05, 0) is 24.6 Å². The van der Waals surface area contributed by atoms with Crippen LogP contribution in [-0.2, 0) is 14.3 Å². The van der Waals surface area contributed by atoms with Crippen molar-refractivity contribution in [1.82, 2.24) is 9.80 Å². The van der Waals surface area contributed by atoms with Gasteiger partial charge in [0.05, 0.1) is 29.8 Å². The Morgan fingerprint density at radius 3 is 2.44 bits per heavy atom. The minimum Gasteiger partial charge on any atom is -0.503 e. The van der Waals surface area contributed by atoms with Gasteiger partial charge in [-0.15, -0.1) is 0 Å². The van der Waals surface area contributed by atoms with Gasteiger partial charge >= 0.3 is 0 Å². The summed E-state index contributed by atoms with van der Waals surface area (Å²) in [6, 6.07) is 4.93. The highest BCUT2D eigenvalue weighted by Gasteiger charge is 2.42. The van der Waals surface area contributed by atoms with E-state index in [1.807, 2.05) is 0 Å². The van der Waals surface area contributed by atoms with Crippen molar-refractivity contribution in [2.24, 2.45) is 0 Å². The number of aliphatic hydroxyl groups is 1. The normalized spacial score (nSPS) is 21.0. The summed E-state index contributed by atoms with van der Waals surface area (Å²) in [6.07, 6.45) is 0. The molecule has 1 saturated heterocycles. The fourth-order valence-corrected chi connectivity index (χ4v) is 3.44. The highest BCUT2D eigenvalue weighted by molar-refractivity contribution is 6.08. The first-order valence-electron chi connectivity index (χ1n) is 8.69. The standard InChI is InChI=1S/C18H21N3O6/c1-12(22)15-16(13-2-4-14(5-3-13)21(25)26)20(18(24)17(15)23)7-6-19-8-10-27-11-9-19/h2-5,16,23H,6-11H2,1H3. The minimum absolute atomic E-state index is 0.0239. The number of aliphatic hydroxyl groups excluding tert-OH is 1. The lowest BCUT2D eigenvalue weighted by molar-refractivity contribution is -0.384. The van der Waals surface area contributed by atoms with E-state index in [-0.39, 0.29) is 11.3 Å². The number of hydrogen-bond donors (Lipinski definition) is 1. The number of rotatable bonds is 6. The Hall–Kier alpha value is -2.78. The number of nitro benzene ring substituents is 1.